The molecular weight excluding hydrogens is 250 g/mol. The summed E-state index contributed by atoms with van der Waals surface area (Å²) in [5.74, 6) is 0. The Morgan fingerprint density at radius 2 is 1.89 bits per heavy atom. The molecule has 0 aliphatic carbocycles. The molecule has 18 heavy (non-hydrogen) atoms. The first kappa shape index (κ1) is 14.2. The van der Waals surface area contributed by atoms with E-state index in [1.165, 1.54) is 0 Å². The van der Waals surface area contributed by atoms with Gasteiger partial charge in [-0.25, -0.2) is 8.42 Å². The lowest BCUT2D eigenvalue weighted by molar-refractivity contribution is 0.134. The number of hydrogen-bond acceptors (Lipinski definition) is 4. The van der Waals surface area contributed by atoms with Crippen molar-refractivity contribution >= 4 is 10.0 Å². The molecule has 2 heterocycles. The number of rotatable bonds is 3. The second-order valence-corrected chi connectivity index (χ2v) is 7.54. The molecule has 0 saturated carbocycles. The van der Waals surface area contributed by atoms with Gasteiger partial charge in [-0.1, -0.05) is 6.92 Å². The summed E-state index contributed by atoms with van der Waals surface area (Å²) in [6, 6.07) is 0.334. The summed E-state index contributed by atoms with van der Waals surface area (Å²) in [4.78, 5) is 2.34. The molecule has 0 aromatic carbocycles. The number of likely N-dealkylation sites (N-methyl/N-ethyl adjacent to an activating group) is 1. The summed E-state index contributed by atoms with van der Waals surface area (Å²) in [7, 11) is -3.08. The Hall–Kier alpha value is -0.170. The number of piperidine rings is 1. The molecule has 2 saturated heterocycles. The van der Waals surface area contributed by atoms with E-state index in [2.05, 4.69) is 24.1 Å². The summed E-state index contributed by atoms with van der Waals surface area (Å²) in [6.45, 7) is 9.08. The quantitative estimate of drug-likeness (QED) is 0.793. The molecule has 1 N–H and O–H groups in total. The summed E-state index contributed by atoms with van der Waals surface area (Å²) >= 11 is 0. The fraction of sp³-hybridized carbons (Fsp3) is 1.00. The fourth-order valence-corrected chi connectivity index (χ4v) is 4.98. The third-order valence-electron chi connectivity index (χ3n) is 4.20. The normalized spacial score (nSPS) is 29.6. The summed E-state index contributed by atoms with van der Waals surface area (Å²) in [5.41, 5.74) is 0. The van der Waals surface area contributed by atoms with E-state index in [-0.39, 0.29) is 5.25 Å². The first-order valence-corrected chi connectivity index (χ1v) is 8.49. The third-order valence-corrected chi connectivity index (χ3v) is 6.57. The molecule has 0 aromatic heterocycles. The third kappa shape index (κ3) is 2.87. The van der Waals surface area contributed by atoms with E-state index in [0.29, 0.717) is 19.1 Å². The number of sulfonamides is 1. The molecule has 6 heteroatoms. The second-order valence-electron chi connectivity index (χ2n) is 5.33. The average molecular weight is 275 g/mol. The van der Waals surface area contributed by atoms with E-state index in [1.54, 1.807) is 4.31 Å². The molecule has 106 valence electrons. The van der Waals surface area contributed by atoms with Crippen LogP contribution in [0.5, 0.6) is 0 Å². The van der Waals surface area contributed by atoms with Crippen LogP contribution in [0.3, 0.4) is 0 Å². The Morgan fingerprint density at radius 1 is 1.22 bits per heavy atom. The maximum absolute atomic E-state index is 12.6. The molecule has 2 rings (SSSR count). The molecule has 2 aliphatic rings. The minimum Gasteiger partial charge on any atom is -0.317 e. The van der Waals surface area contributed by atoms with Gasteiger partial charge in [0.25, 0.3) is 0 Å². The van der Waals surface area contributed by atoms with Gasteiger partial charge in [-0.05, 0) is 39.4 Å². The molecule has 0 spiro atoms. The highest BCUT2D eigenvalue weighted by Gasteiger charge is 2.36. The summed E-state index contributed by atoms with van der Waals surface area (Å²) < 4.78 is 26.8. The van der Waals surface area contributed by atoms with Crippen molar-refractivity contribution in [3.63, 3.8) is 0 Å². The molecule has 0 radical (unpaired) electrons. The van der Waals surface area contributed by atoms with Crippen LogP contribution in [0.1, 0.15) is 26.7 Å². The zero-order valence-electron chi connectivity index (χ0n) is 11.4. The lowest BCUT2D eigenvalue weighted by Gasteiger charge is -2.40. The Balaban J connectivity index is 2.02. The van der Waals surface area contributed by atoms with Gasteiger partial charge in [0.1, 0.15) is 0 Å². The van der Waals surface area contributed by atoms with Gasteiger partial charge in [0.15, 0.2) is 0 Å². The lowest BCUT2D eigenvalue weighted by atomic mass is 10.2. The van der Waals surface area contributed by atoms with Crippen molar-refractivity contribution in [2.24, 2.45) is 0 Å². The van der Waals surface area contributed by atoms with Gasteiger partial charge >= 0.3 is 0 Å². The predicted molar refractivity (Wildman–Crippen MR) is 73.1 cm³/mol. The minimum atomic E-state index is -3.08. The van der Waals surface area contributed by atoms with Crippen LogP contribution < -0.4 is 5.32 Å². The van der Waals surface area contributed by atoms with Crippen molar-refractivity contribution in [1.29, 1.82) is 0 Å². The molecule has 1 atom stereocenters. The number of piperazine rings is 1. The SMILES string of the molecule is CCN1CCN(S(=O)(=O)C2CCNCC2)CC1C. The van der Waals surface area contributed by atoms with Crippen LogP contribution in [0.2, 0.25) is 0 Å². The minimum absolute atomic E-state index is 0.167. The molecule has 0 aromatic rings. The van der Waals surface area contributed by atoms with E-state index in [0.717, 1.165) is 39.0 Å². The van der Waals surface area contributed by atoms with Crippen LogP contribution in [0, 0.1) is 0 Å². The van der Waals surface area contributed by atoms with Crippen molar-refractivity contribution in [1.82, 2.24) is 14.5 Å². The number of nitrogens with zero attached hydrogens (tertiary/aromatic N) is 2. The Bertz CT molecular complexity index is 366. The van der Waals surface area contributed by atoms with Gasteiger partial charge in [-0.3, -0.25) is 4.90 Å². The first-order valence-electron chi connectivity index (χ1n) is 6.99. The maximum atomic E-state index is 12.6. The summed E-state index contributed by atoms with van der Waals surface area (Å²) in [6.07, 6.45) is 1.51. The van der Waals surface area contributed by atoms with Crippen LogP contribution >= 0.6 is 0 Å². The van der Waals surface area contributed by atoms with E-state index < -0.39 is 10.0 Å². The first-order chi connectivity index (χ1) is 8.55. The molecule has 2 fully saturated rings. The van der Waals surface area contributed by atoms with Crippen LogP contribution in [0.4, 0.5) is 0 Å². The van der Waals surface area contributed by atoms with Crippen molar-refractivity contribution in [2.75, 3.05) is 39.3 Å². The van der Waals surface area contributed by atoms with Crippen molar-refractivity contribution in [2.45, 2.75) is 38.0 Å². The highest BCUT2D eigenvalue weighted by atomic mass is 32.2. The molecular formula is C12H25N3O2S. The average Bonchev–Trinajstić information content (AvgIpc) is 2.39. The van der Waals surface area contributed by atoms with E-state index >= 15 is 0 Å². The van der Waals surface area contributed by atoms with Crippen molar-refractivity contribution in [3.8, 4) is 0 Å². The Morgan fingerprint density at radius 3 is 2.44 bits per heavy atom. The van der Waals surface area contributed by atoms with Crippen LogP contribution in [0.25, 0.3) is 0 Å². The fourth-order valence-electron chi connectivity index (χ4n) is 2.97. The van der Waals surface area contributed by atoms with Crippen LogP contribution in [-0.4, -0.2) is 68.2 Å². The number of hydrogen-bond donors (Lipinski definition) is 1. The van der Waals surface area contributed by atoms with Gasteiger partial charge in [0, 0.05) is 25.7 Å². The van der Waals surface area contributed by atoms with Gasteiger partial charge < -0.3 is 5.32 Å². The van der Waals surface area contributed by atoms with Gasteiger partial charge in [-0.15, -0.1) is 0 Å². The zero-order chi connectivity index (χ0) is 13.2. The molecule has 1 unspecified atom stereocenters. The van der Waals surface area contributed by atoms with Crippen LogP contribution in [-0.2, 0) is 10.0 Å². The van der Waals surface area contributed by atoms with Crippen LogP contribution in [0.15, 0.2) is 0 Å². The predicted octanol–water partition coefficient (Wildman–Crippen LogP) is 0.0942. The standard InChI is InChI=1S/C12H25N3O2S/c1-3-14-8-9-15(10-11(14)2)18(16,17)12-4-6-13-7-5-12/h11-13H,3-10H2,1-2H3. The largest absolute Gasteiger partial charge is 0.317 e. The second kappa shape index (κ2) is 5.86. The van der Waals surface area contributed by atoms with Gasteiger partial charge in [0.2, 0.25) is 10.0 Å². The zero-order valence-corrected chi connectivity index (χ0v) is 12.2. The van der Waals surface area contributed by atoms with E-state index in [4.69, 9.17) is 0 Å². The monoisotopic (exact) mass is 275 g/mol. The molecule has 2 aliphatic heterocycles. The Kier molecular flexibility index (Phi) is 4.64. The lowest BCUT2D eigenvalue weighted by Crippen LogP contribution is -2.55. The highest BCUT2D eigenvalue weighted by molar-refractivity contribution is 7.89. The topological polar surface area (TPSA) is 52.7 Å². The highest BCUT2D eigenvalue weighted by Crippen LogP contribution is 2.21. The van der Waals surface area contributed by atoms with Gasteiger partial charge in [0.05, 0.1) is 5.25 Å². The van der Waals surface area contributed by atoms with E-state index in [9.17, 15) is 8.42 Å². The number of nitrogens with one attached hydrogen (secondary N) is 1. The molecule has 5 nitrogen and oxygen atoms in total. The van der Waals surface area contributed by atoms with E-state index in [1.807, 2.05) is 0 Å². The maximum Gasteiger partial charge on any atom is 0.217 e. The van der Waals surface area contributed by atoms with Crippen molar-refractivity contribution < 1.29 is 8.42 Å². The Labute approximate surface area is 111 Å². The van der Waals surface area contributed by atoms with Gasteiger partial charge in [-0.2, -0.15) is 4.31 Å². The molecule has 0 amide bonds. The van der Waals surface area contributed by atoms with Crippen molar-refractivity contribution in [3.05, 3.63) is 0 Å². The summed E-state index contributed by atoms with van der Waals surface area (Å²) in [5, 5.41) is 3.06. The molecule has 0 bridgehead atoms. The smallest absolute Gasteiger partial charge is 0.217 e.